The van der Waals surface area contributed by atoms with Gasteiger partial charge in [-0.15, -0.1) is 0 Å². The summed E-state index contributed by atoms with van der Waals surface area (Å²) >= 11 is 0. The number of carbonyl (C=O) groups excluding carboxylic acids is 3. The van der Waals surface area contributed by atoms with Crippen LogP contribution in [-0.2, 0) is 4.79 Å². The molecule has 1 unspecified atom stereocenters. The summed E-state index contributed by atoms with van der Waals surface area (Å²) in [6.07, 6.45) is 0. The molecule has 7 heteroatoms. The van der Waals surface area contributed by atoms with E-state index < -0.39 is 17.9 Å². The van der Waals surface area contributed by atoms with Crippen molar-refractivity contribution in [3.05, 3.63) is 59.7 Å². The monoisotopic (exact) mass is 396 g/mol. The first-order valence-corrected chi connectivity index (χ1v) is 9.45. The van der Waals surface area contributed by atoms with E-state index in [-0.39, 0.29) is 25.0 Å². The third-order valence-electron chi connectivity index (χ3n) is 4.71. The molecule has 0 saturated heterocycles. The van der Waals surface area contributed by atoms with Gasteiger partial charge in [-0.3, -0.25) is 19.3 Å². The molecule has 3 rings (SSSR count). The fourth-order valence-corrected chi connectivity index (χ4v) is 3.32. The van der Waals surface area contributed by atoms with E-state index in [4.69, 9.17) is 9.47 Å². The van der Waals surface area contributed by atoms with E-state index in [2.05, 4.69) is 5.32 Å². The topological polar surface area (TPSA) is 84.9 Å². The van der Waals surface area contributed by atoms with Gasteiger partial charge in [0.1, 0.15) is 24.1 Å². The molecule has 2 aromatic rings. The molecule has 1 atom stereocenters. The highest BCUT2D eigenvalue weighted by Crippen LogP contribution is 2.27. The number of nitrogens with zero attached hydrogens (tertiary/aromatic N) is 1. The number of hydrogen-bond acceptors (Lipinski definition) is 5. The molecule has 3 amide bonds. The maximum Gasteiger partial charge on any atom is 0.262 e. The normalized spacial score (nSPS) is 14.0. The number of fused-ring (bicyclic) bond motifs is 1. The highest BCUT2D eigenvalue weighted by atomic mass is 16.5. The molecule has 152 valence electrons. The Morgan fingerprint density at radius 1 is 1.00 bits per heavy atom. The summed E-state index contributed by atoms with van der Waals surface area (Å²) in [5.74, 6) is -0.198. The molecule has 2 aromatic carbocycles. The molecule has 0 bridgehead atoms. The molecule has 0 saturated carbocycles. The largest absolute Gasteiger partial charge is 0.497 e. The summed E-state index contributed by atoms with van der Waals surface area (Å²) in [6, 6.07) is 12.9. The molecule has 7 nitrogen and oxygen atoms in total. The van der Waals surface area contributed by atoms with Crippen LogP contribution in [0.1, 0.15) is 34.6 Å². The van der Waals surface area contributed by atoms with Crippen molar-refractivity contribution >= 4 is 17.7 Å². The van der Waals surface area contributed by atoms with Crippen molar-refractivity contribution in [2.24, 2.45) is 5.92 Å². The first kappa shape index (κ1) is 20.4. The minimum atomic E-state index is -0.890. The first-order chi connectivity index (χ1) is 13.9. The van der Waals surface area contributed by atoms with E-state index in [9.17, 15) is 14.4 Å². The average Bonchev–Trinajstić information content (AvgIpc) is 2.97. The number of methoxy groups -OCH3 is 1. The van der Waals surface area contributed by atoms with Crippen LogP contribution in [0.3, 0.4) is 0 Å². The lowest BCUT2D eigenvalue weighted by Gasteiger charge is -2.28. The van der Waals surface area contributed by atoms with Crippen molar-refractivity contribution in [3.8, 4) is 11.5 Å². The van der Waals surface area contributed by atoms with Crippen LogP contribution in [0.15, 0.2) is 48.5 Å². The van der Waals surface area contributed by atoms with Crippen molar-refractivity contribution in [1.82, 2.24) is 10.2 Å². The predicted octanol–water partition coefficient (Wildman–Crippen LogP) is 2.51. The fourth-order valence-electron chi connectivity index (χ4n) is 3.32. The van der Waals surface area contributed by atoms with Crippen LogP contribution in [0, 0.1) is 5.92 Å². The Hall–Kier alpha value is -3.35. The van der Waals surface area contributed by atoms with Crippen molar-refractivity contribution in [2.45, 2.75) is 19.9 Å². The number of hydrogen-bond donors (Lipinski definition) is 1. The second-order valence-electron chi connectivity index (χ2n) is 7.03. The lowest BCUT2D eigenvalue weighted by atomic mass is 10.0. The Balaban J connectivity index is 1.62. The van der Waals surface area contributed by atoms with Gasteiger partial charge in [0.2, 0.25) is 5.91 Å². The smallest absolute Gasteiger partial charge is 0.262 e. The van der Waals surface area contributed by atoms with Gasteiger partial charge in [-0.2, -0.15) is 0 Å². The molecule has 1 aliphatic heterocycles. The number of ether oxygens (including phenoxy) is 2. The third-order valence-corrected chi connectivity index (χ3v) is 4.71. The van der Waals surface area contributed by atoms with E-state index in [0.717, 1.165) is 4.90 Å². The van der Waals surface area contributed by atoms with Gasteiger partial charge in [-0.25, -0.2) is 0 Å². The summed E-state index contributed by atoms with van der Waals surface area (Å²) in [4.78, 5) is 39.3. The SMILES string of the molecule is COc1cccc(OCCNC(=O)C(C(C)C)N2C(=O)c3ccccc3C2=O)c1. The van der Waals surface area contributed by atoms with Crippen LogP contribution in [0.5, 0.6) is 11.5 Å². The number of carbonyl (C=O) groups is 3. The van der Waals surface area contributed by atoms with Gasteiger partial charge in [0.05, 0.1) is 24.8 Å². The van der Waals surface area contributed by atoms with E-state index in [1.807, 2.05) is 12.1 Å². The number of imide groups is 1. The summed E-state index contributed by atoms with van der Waals surface area (Å²) in [5, 5.41) is 2.77. The molecule has 0 radical (unpaired) electrons. The Morgan fingerprint density at radius 3 is 2.21 bits per heavy atom. The second kappa shape index (κ2) is 8.77. The van der Waals surface area contributed by atoms with Crippen LogP contribution >= 0.6 is 0 Å². The van der Waals surface area contributed by atoms with Gasteiger partial charge >= 0.3 is 0 Å². The molecule has 0 spiro atoms. The van der Waals surface area contributed by atoms with Gasteiger partial charge in [0.25, 0.3) is 11.8 Å². The number of rotatable bonds is 8. The molecule has 0 aliphatic carbocycles. The van der Waals surface area contributed by atoms with Crippen LogP contribution in [0.4, 0.5) is 0 Å². The predicted molar refractivity (Wildman–Crippen MR) is 107 cm³/mol. The molecule has 29 heavy (non-hydrogen) atoms. The zero-order valence-corrected chi connectivity index (χ0v) is 16.7. The Labute approximate surface area is 169 Å². The van der Waals surface area contributed by atoms with Crippen molar-refractivity contribution in [2.75, 3.05) is 20.3 Å². The average molecular weight is 396 g/mol. The number of benzene rings is 2. The van der Waals surface area contributed by atoms with E-state index in [0.29, 0.717) is 22.6 Å². The third kappa shape index (κ3) is 4.23. The van der Waals surface area contributed by atoms with Crippen molar-refractivity contribution in [1.29, 1.82) is 0 Å². The molecule has 0 fully saturated rings. The highest BCUT2D eigenvalue weighted by Gasteiger charge is 2.43. The lowest BCUT2D eigenvalue weighted by Crippen LogP contribution is -2.52. The van der Waals surface area contributed by atoms with Gasteiger partial charge in [-0.1, -0.05) is 32.0 Å². The minimum Gasteiger partial charge on any atom is -0.497 e. The zero-order valence-electron chi connectivity index (χ0n) is 16.7. The number of amides is 3. The van der Waals surface area contributed by atoms with Crippen LogP contribution in [0.2, 0.25) is 0 Å². The van der Waals surface area contributed by atoms with E-state index in [1.165, 1.54) is 0 Å². The number of nitrogens with one attached hydrogen (secondary N) is 1. The highest BCUT2D eigenvalue weighted by molar-refractivity contribution is 6.22. The van der Waals surface area contributed by atoms with Crippen LogP contribution < -0.4 is 14.8 Å². The van der Waals surface area contributed by atoms with E-state index in [1.54, 1.807) is 57.4 Å². The molecule has 0 aromatic heterocycles. The Bertz CT molecular complexity index is 890. The maximum atomic E-state index is 12.8. The fraction of sp³-hybridized carbons (Fsp3) is 0.318. The van der Waals surface area contributed by atoms with Gasteiger partial charge in [0.15, 0.2) is 0 Å². The molecule has 1 heterocycles. The summed E-state index contributed by atoms with van der Waals surface area (Å²) in [5.41, 5.74) is 0.662. The van der Waals surface area contributed by atoms with E-state index >= 15 is 0 Å². The Morgan fingerprint density at radius 2 is 1.62 bits per heavy atom. The van der Waals surface area contributed by atoms with Gasteiger partial charge < -0.3 is 14.8 Å². The summed E-state index contributed by atoms with van der Waals surface area (Å²) < 4.78 is 10.8. The quantitative estimate of drug-likeness (QED) is 0.547. The minimum absolute atomic E-state index is 0.239. The molecular weight excluding hydrogens is 372 g/mol. The maximum absolute atomic E-state index is 12.8. The van der Waals surface area contributed by atoms with Gasteiger partial charge in [0, 0.05) is 6.07 Å². The van der Waals surface area contributed by atoms with Crippen LogP contribution in [-0.4, -0.2) is 48.9 Å². The molecule has 1 N–H and O–H groups in total. The van der Waals surface area contributed by atoms with Crippen LogP contribution in [0.25, 0.3) is 0 Å². The molecule has 1 aliphatic rings. The summed E-state index contributed by atoms with van der Waals surface area (Å²) in [7, 11) is 1.57. The Kier molecular flexibility index (Phi) is 6.16. The standard InChI is InChI=1S/C22H24N2O5/c1-14(2)19(24-21(26)17-9-4-5-10-18(17)22(24)27)20(25)23-11-12-29-16-8-6-7-15(13-16)28-3/h4-10,13-14,19H,11-12H2,1-3H3,(H,23,25). The first-order valence-electron chi connectivity index (χ1n) is 9.45. The van der Waals surface area contributed by atoms with Crippen molar-refractivity contribution in [3.63, 3.8) is 0 Å². The summed E-state index contributed by atoms with van der Waals surface area (Å²) in [6.45, 7) is 4.09. The zero-order chi connectivity index (χ0) is 21.0. The molecular formula is C22H24N2O5. The van der Waals surface area contributed by atoms with Crippen molar-refractivity contribution < 1.29 is 23.9 Å². The lowest BCUT2D eigenvalue weighted by molar-refractivity contribution is -0.126. The van der Waals surface area contributed by atoms with Gasteiger partial charge in [-0.05, 0) is 30.2 Å². The second-order valence-corrected chi connectivity index (χ2v) is 7.03.